The van der Waals surface area contributed by atoms with E-state index in [1.165, 1.54) is 24.2 Å². The molecular weight excluding hydrogens is 404 g/mol. The average molecular weight is 437 g/mol. The molecule has 3 amide bonds. The maximum Gasteiger partial charge on any atom is 0.257 e. The van der Waals surface area contributed by atoms with E-state index in [-0.39, 0.29) is 29.6 Å². The molecule has 5 fully saturated rings. The van der Waals surface area contributed by atoms with Gasteiger partial charge in [-0.1, -0.05) is 6.08 Å². The number of hydrogen-bond donors (Lipinski definition) is 0. The Labute approximate surface area is 189 Å². The van der Waals surface area contributed by atoms with Crippen molar-refractivity contribution in [3.05, 3.63) is 36.9 Å². The fraction of sp³-hybridized carbons (Fsp3) is 0.577. The van der Waals surface area contributed by atoms with Crippen LogP contribution in [0.25, 0.3) is 0 Å². The molecule has 6 nitrogen and oxygen atoms in total. The third kappa shape index (κ3) is 3.44. The van der Waals surface area contributed by atoms with Crippen molar-refractivity contribution in [3.63, 3.8) is 0 Å². The second-order valence-electron chi connectivity index (χ2n) is 10.2. The van der Waals surface area contributed by atoms with Gasteiger partial charge >= 0.3 is 0 Å². The molecule has 1 aromatic rings. The summed E-state index contributed by atoms with van der Waals surface area (Å²) in [4.78, 5) is 43.2. The summed E-state index contributed by atoms with van der Waals surface area (Å²) in [5, 5.41) is 0. The minimum atomic E-state index is -0.757. The second-order valence-corrected chi connectivity index (χ2v) is 10.2. The standard InChI is InChI=1S/C26H32N2O4/c1-3-9-27(25(31)26-14-17-10-18(15-26)12-19(11-17)16-26)22-13-23(29)28(24(22)30)20-5-7-21(8-6-20)32-4-2/h3,5-8,17-19,22H,1,4,9-16H2,2H3. The molecule has 6 rings (SSSR count). The number of imide groups is 1. The van der Waals surface area contributed by atoms with E-state index in [4.69, 9.17) is 4.74 Å². The molecule has 1 heterocycles. The number of amides is 3. The Morgan fingerprint density at radius 1 is 1.12 bits per heavy atom. The number of ether oxygens (including phenoxy) is 1. The molecule has 0 radical (unpaired) electrons. The maximum atomic E-state index is 14.0. The van der Waals surface area contributed by atoms with Crippen molar-refractivity contribution in [3.8, 4) is 5.75 Å². The molecule has 0 N–H and O–H groups in total. The minimum Gasteiger partial charge on any atom is -0.494 e. The van der Waals surface area contributed by atoms with Crippen LogP contribution in [-0.2, 0) is 14.4 Å². The first-order chi connectivity index (χ1) is 15.4. The molecule has 1 saturated heterocycles. The average Bonchev–Trinajstić information content (AvgIpc) is 3.05. The Balaban J connectivity index is 1.39. The Hall–Kier alpha value is -2.63. The molecule has 1 aliphatic heterocycles. The van der Waals surface area contributed by atoms with Gasteiger partial charge in [0.15, 0.2) is 0 Å². The van der Waals surface area contributed by atoms with Gasteiger partial charge in [0.1, 0.15) is 11.8 Å². The first-order valence-electron chi connectivity index (χ1n) is 12.0. The Kier molecular flexibility index (Phi) is 5.34. The molecule has 0 aromatic heterocycles. The van der Waals surface area contributed by atoms with Crippen LogP contribution >= 0.6 is 0 Å². The van der Waals surface area contributed by atoms with Crippen LogP contribution in [0.2, 0.25) is 0 Å². The first kappa shape index (κ1) is 21.2. The molecule has 4 saturated carbocycles. The van der Waals surface area contributed by atoms with E-state index >= 15 is 0 Å². The molecule has 0 spiro atoms. The van der Waals surface area contributed by atoms with Gasteiger partial charge in [-0.3, -0.25) is 14.4 Å². The fourth-order valence-electron chi connectivity index (χ4n) is 7.16. The van der Waals surface area contributed by atoms with Gasteiger partial charge in [0.25, 0.3) is 5.91 Å². The van der Waals surface area contributed by atoms with Crippen LogP contribution in [0.5, 0.6) is 5.75 Å². The van der Waals surface area contributed by atoms with Crippen LogP contribution in [-0.4, -0.2) is 41.8 Å². The summed E-state index contributed by atoms with van der Waals surface area (Å²) in [6, 6.07) is 6.21. The van der Waals surface area contributed by atoms with Crippen molar-refractivity contribution < 1.29 is 19.1 Å². The molecule has 1 atom stereocenters. The van der Waals surface area contributed by atoms with Crippen LogP contribution in [0.3, 0.4) is 0 Å². The number of nitrogens with zero attached hydrogens (tertiary/aromatic N) is 2. The highest BCUT2D eigenvalue weighted by Gasteiger charge is 2.57. The van der Waals surface area contributed by atoms with E-state index in [9.17, 15) is 14.4 Å². The predicted octanol–water partition coefficient (Wildman–Crippen LogP) is 3.95. The number of rotatable bonds is 7. The van der Waals surface area contributed by atoms with Crippen molar-refractivity contribution in [2.24, 2.45) is 23.2 Å². The van der Waals surface area contributed by atoms with Gasteiger partial charge in [0, 0.05) is 6.54 Å². The lowest BCUT2D eigenvalue weighted by atomic mass is 9.49. The molecule has 1 aromatic carbocycles. The summed E-state index contributed by atoms with van der Waals surface area (Å²) in [6.45, 7) is 6.58. The Bertz CT molecular complexity index is 902. The Morgan fingerprint density at radius 2 is 1.72 bits per heavy atom. The van der Waals surface area contributed by atoms with Gasteiger partial charge in [-0.15, -0.1) is 6.58 Å². The van der Waals surface area contributed by atoms with Crippen LogP contribution in [0.1, 0.15) is 51.9 Å². The third-order valence-electron chi connectivity index (χ3n) is 7.98. The smallest absolute Gasteiger partial charge is 0.257 e. The molecule has 4 bridgehead atoms. The summed E-state index contributed by atoms with van der Waals surface area (Å²) in [7, 11) is 0. The van der Waals surface area contributed by atoms with E-state index in [0.29, 0.717) is 42.3 Å². The summed E-state index contributed by atoms with van der Waals surface area (Å²) in [5.41, 5.74) is 0.167. The quantitative estimate of drug-likeness (QED) is 0.480. The summed E-state index contributed by atoms with van der Waals surface area (Å²) >= 11 is 0. The molecular formula is C26H32N2O4. The molecule has 32 heavy (non-hydrogen) atoms. The molecule has 5 aliphatic rings. The number of anilines is 1. The van der Waals surface area contributed by atoms with E-state index in [0.717, 1.165) is 19.3 Å². The zero-order valence-corrected chi connectivity index (χ0v) is 18.8. The largest absolute Gasteiger partial charge is 0.494 e. The van der Waals surface area contributed by atoms with Crippen molar-refractivity contribution in [1.82, 2.24) is 4.90 Å². The number of carbonyl (C=O) groups excluding carboxylic acids is 3. The molecule has 6 heteroatoms. The number of hydrogen-bond acceptors (Lipinski definition) is 4. The maximum absolute atomic E-state index is 14.0. The van der Waals surface area contributed by atoms with Crippen molar-refractivity contribution >= 4 is 23.4 Å². The van der Waals surface area contributed by atoms with E-state index in [1.807, 2.05) is 6.92 Å². The second kappa shape index (κ2) is 8.05. The lowest BCUT2D eigenvalue weighted by Crippen LogP contribution is -2.57. The lowest BCUT2D eigenvalue weighted by Gasteiger charge is -2.56. The van der Waals surface area contributed by atoms with Crippen LogP contribution in [0.4, 0.5) is 5.69 Å². The summed E-state index contributed by atoms with van der Waals surface area (Å²) in [6.07, 6.45) is 8.25. The van der Waals surface area contributed by atoms with E-state index in [2.05, 4.69) is 6.58 Å². The van der Waals surface area contributed by atoms with Crippen molar-refractivity contribution in [2.45, 2.75) is 57.9 Å². The normalized spacial score (nSPS) is 33.0. The van der Waals surface area contributed by atoms with Gasteiger partial charge in [0.05, 0.1) is 24.1 Å². The van der Waals surface area contributed by atoms with Gasteiger partial charge in [-0.05, 0) is 87.5 Å². The fourth-order valence-corrected chi connectivity index (χ4v) is 7.16. The van der Waals surface area contributed by atoms with Crippen molar-refractivity contribution in [1.29, 1.82) is 0 Å². The predicted molar refractivity (Wildman–Crippen MR) is 121 cm³/mol. The zero-order chi connectivity index (χ0) is 22.5. The lowest BCUT2D eigenvalue weighted by molar-refractivity contribution is -0.160. The molecule has 1 unspecified atom stereocenters. The van der Waals surface area contributed by atoms with Gasteiger partial charge < -0.3 is 9.64 Å². The van der Waals surface area contributed by atoms with Gasteiger partial charge in [-0.25, -0.2) is 4.90 Å². The Morgan fingerprint density at radius 3 is 2.25 bits per heavy atom. The molecule has 170 valence electrons. The molecule has 4 aliphatic carbocycles. The van der Waals surface area contributed by atoms with Crippen LogP contribution < -0.4 is 9.64 Å². The van der Waals surface area contributed by atoms with E-state index in [1.54, 1.807) is 35.2 Å². The number of carbonyl (C=O) groups is 3. The van der Waals surface area contributed by atoms with Crippen molar-refractivity contribution in [2.75, 3.05) is 18.1 Å². The van der Waals surface area contributed by atoms with E-state index < -0.39 is 6.04 Å². The van der Waals surface area contributed by atoms with Gasteiger partial charge in [0.2, 0.25) is 11.8 Å². The monoisotopic (exact) mass is 436 g/mol. The minimum absolute atomic E-state index is 0.0258. The van der Waals surface area contributed by atoms with Crippen LogP contribution in [0, 0.1) is 23.2 Å². The highest BCUT2D eigenvalue weighted by atomic mass is 16.5. The number of benzene rings is 1. The zero-order valence-electron chi connectivity index (χ0n) is 18.8. The topological polar surface area (TPSA) is 66.9 Å². The highest BCUT2D eigenvalue weighted by molar-refractivity contribution is 6.23. The third-order valence-corrected chi connectivity index (χ3v) is 7.98. The summed E-state index contributed by atoms with van der Waals surface area (Å²) < 4.78 is 5.46. The first-order valence-corrected chi connectivity index (χ1v) is 12.0. The van der Waals surface area contributed by atoms with Gasteiger partial charge in [-0.2, -0.15) is 0 Å². The SMILES string of the molecule is C=CCN(C(=O)C12CC3CC(CC(C3)C1)C2)C1CC(=O)N(c2ccc(OCC)cc2)C1=O. The highest BCUT2D eigenvalue weighted by Crippen LogP contribution is 2.60. The van der Waals surface area contributed by atoms with Crippen LogP contribution in [0.15, 0.2) is 36.9 Å². The summed E-state index contributed by atoms with van der Waals surface area (Å²) in [5.74, 6) is 2.08.